The number of hydrogen-bond acceptors (Lipinski definition) is 2. The second-order valence-electron chi connectivity index (χ2n) is 3.01. The molecule has 0 atom stereocenters. The largest absolute Gasteiger partial charge is 0.356 e. The molecule has 0 aliphatic carbocycles. The van der Waals surface area contributed by atoms with E-state index in [-0.39, 0.29) is 5.91 Å². The topological polar surface area (TPSA) is 46.9 Å². The minimum Gasteiger partial charge on any atom is -0.356 e. The van der Waals surface area contributed by atoms with E-state index in [4.69, 9.17) is 0 Å². The Morgan fingerprint density at radius 2 is 2.38 bits per heavy atom. The highest BCUT2D eigenvalue weighted by molar-refractivity contribution is 5.78. The Hall–Kier alpha value is -1.32. The average molecular weight is 181 g/mol. The van der Waals surface area contributed by atoms with Crippen molar-refractivity contribution in [2.24, 2.45) is 7.05 Å². The maximum Gasteiger partial charge on any atom is 0.224 e. The van der Waals surface area contributed by atoms with Gasteiger partial charge in [-0.15, -0.1) is 0 Å². The molecule has 0 radical (unpaired) electrons. The molecule has 72 valence electrons. The number of nitrogens with zero attached hydrogens (tertiary/aromatic N) is 2. The highest BCUT2D eigenvalue weighted by Crippen LogP contribution is 2.05. The number of carbonyl (C=O) groups excluding carboxylic acids is 1. The van der Waals surface area contributed by atoms with E-state index in [0.29, 0.717) is 13.0 Å². The molecule has 0 aliphatic rings. The van der Waals surface area contributed by atoms with Crippen molar-refractivity contribution in [3.05, 3.63) is 17.5 Å². The molecular formula is C9H15N3O. The summed E-state index contributed by atoms with van der Waals surface area (Å²) in [5, 5.41) is 6.82. The summed E-state index contributed by atoms with van der Waals surface area (Å²) in [7, 11) is 1.87. The highest BCUT2D eigenvalue weighted by Gasteiger charge is 2.07. The molecule has 1 amide bonds. The summed E-state index contributed by atoms with van der Waals surface area (Å²) >= 11 is 0. The van der Waals surface area contributed by atoms with Gasteiger partial charge in [0.2, 0.25) is 5.91 Å². The van der Waals surface area contributed by atoms with E-state index in [1.54, 1.807) is 10.9 Å². The first-order chi connectivity index (χ1) is 6.15. The van der Waals surface area contributed by atoms with E-state index in [2.05, 4.69) is 10.4 Å². The maximum atomic E-state index is 11.2. The van der Waals surface area contributed by atoms with Crippen LogP contribution in [0, 0.1) is 6.92 Å². The van der Waals surface area contributed by atoms with Crippen LogP contribution < -0.4 is 5.32 Å². The Morgan fingerprint density at radius 3 is 2.85 bits per heavy atom. The number of likely N-dealkylation sites (N-methyl/N-ethyl adjacent to an activating group) is 1. The molecule has 4 heteroatoms. The average Bonchev–Trinajstić information content (AvgIpc) is 2.37. The lowest BCUT2D eigenvalue weighted by Crippen LogP contribution is -2.24. The van der Waals surface area contributed by atoms with E-state index in [1.807, 2.05) is 20.9 Å². The maximum absolute atomic E-state index is 11.2. The predicted molar refractivity (Wildman–Crippen MR) is 50.3 cm³/mol. The van der Waals surface area contributed by atoms with Crippen molar-refractivity contribution in [1.82, 2.24) is 15.1 Å². The highest BCUT2D eigenvalue weighted by atomic mass is 16.1. The van der Waals surface area contributed by atoms with Gasteiger partial charge in [-0.05, 0) is 13.8 Å². The van der Waals surface area contributed by atoms with Gasteiger partial charge in [0.15, 0.2) is 0 Å². The molecule has 0 bridgehead atoms. The van der Waals surface area contributed by atoms with Gasteiger partial charge in [0.25, 0.3) is 0 Å². The van der Waals surface area contributed by atoms with Crippen LogP contribution in [0.4, 0.5) is 0 Å². The second-order valence-corrected chi connectivity index (χ2v) is 3.01. The van der Waals surface area contributed by atoms with Crippen LogP contribution in [0.2, 0.25) is 0 Å². The van der Waals surface area contributed by atoms with Crippen LogP contribution in [0.15, 0.2) is 6.20 Å². The fourth-order valence-corrected chi connectivity index (χ4v) is 1.15. The Kier molecular flexibility index (Phi) is 3.06. The third-order valence-corrected chi connectivity index (χ3v) is 2.06. The van der Waals surface area contributed by atoms with Gasteiger partial charge in [-0.25, -0.2) is 0 Å². The molecular weight excluding hydrogens is 166 g/mol. The number of hydrogen-bond donors (Lipinski definition) is 1. The van der Waals surface area contributed by atoms with Crippen molar-refractivity contribution >= 4 is 5.91 Å². The van der Waals surface area contributed by atoms with E-state index in [9.17, 15) is 4.79 Å². The first kappa shape index (κ1) is 9.77. The van der Waals surface area contributed by atoms with Gasteiger partial charge in [-0.1, -0.05) is 0 Å². The lowest BCUT2D eigenvalue weighted by Gasteiger charge is -2.01. The second kappa shape index (κ2) is 4.07. The zero-order valence-corrected chi connectivity index (χ0v) is 8.29. The monoisotopic (exact) mass is 181 g/mol. The molecule has 0 fully saturated rings. The van der Waals surface area contributed by atoms with Crippen molar-refractivity contribution in [2.45, 2.75) is 20.3 Å². The van der Waals surface area contributed by atoms with Crippen molar-refractivity contribution in [3.63, 3.8) is 0 Å². The van der Waals surface area contributed by atoms with Crippen molar-refractivity contribution in [1.29, 1.82) is 0 Å². The predicted octanol–water partition coefficient (Wildman–Crippen LogP) is 0.407. The van der Waals surface area contributed by atoms with Gasteiger partial charge in [-0.3, -0.25) is 9.48 Å². The summed E-state index contributed by atoms with van der Waals surface area (Å²) in [4.78, 5) is 11.2. The van der Waals surface area contributed by atoms with E-state index in [0.717, 1.165) is 11.3 Å². The molecule has 1 N–H and O–H groups in total. The zero-order chi connectivity index (χ0) is 9.84. The van der Waals surface area contributed by atoms with Gasteiger partial charge in [-0.2, -0.15) is 5.10 Å². The molecule has 0 saturated heterocycles. The third-order valence-electron chi connectivity index (χ3n) is 2.06. The van der Waals surface area contributed by atoms with E-state index in [1.165, 1.54) is 0 Å². The van der Waals surface area contributed by atoms with Crippen molar-refractivity contribution in [2.75, 3.05) is 6.54 Å². The number of rotatable bonds is 3. The number of carbonyl (C=O) groups is 1. The summed E-state index contributed by atoms with van der Waals surface area (Å²) < 4.78 is 1.77. The zero-order valence-electron chi connectivity index (χ0n) is 8.29. The normalized spacial score (nSPS) is 10.1. The van der Waals surface area contributed by atoms with E-state index >= 15 is 0 Å². The molecule has 0 saturated carbocycles. The third kappa shape index (κ3) is 2.31. The number of amides is 1. The van der Waals surface area contributed by atoms with Crippen LogP contribution in [0.1, 0.15) is 18.2 Å². The Bertz CT molecular complexity index is 304. The fourth-order valence-electron chi connectivity index (χ4n) is 1.15. The van der Waals surface area contributed by atoms with Crippen LogP contribution in [-0.4, -0.2) is 22.2 Å². The Balaban J connectivity index is 2.64. The summed E-state index contributed by atoms with van der Waals surface area (Å²) in [6.45, 7) is 4.55. The number of nitrogens with one attached hydrogen (secondary N) is 1. The molecule has 0 aliphatic heterocycles. The van der Waals surface area contributed by atoms with Crippen molar-refractivity contribution < 1.29 is 4.79 Å². The first-order valence-electron chi connectivity index (χ1n) is 4.39. The van der Waals surface area contributed by atoms with Crippen LogP contribution >= 0.6 is 0 Å². The summed E-state index contributed by atoms with van der Waals surface area (Å²) in [6.07, 6.45) is 2.16. The Morgan fingerprint density at radius 1 is 1.69 bits per heavy atom. The Labute approximate surface area is 77.9 Å². The quantitative estimate of drug-likeness (QED) is 0.734. The van der Waals surface area contributed by atoms with Crippen LogP contribution in [0.25, 0.3) is 0 Å². The summed E-state index contributed by atoms with van der Waals surface area (Å²) in [5.41, 5.74) is 2.04. The molecule has 0 spiro atoms. The van der Waals surface area contributed by atoms with Gasteiger partial charge in [0.1, 0.15) is 0 Å². The van der Waals surface area contributed by atoms with Crippen LogP contribution in [-0.2, 0) is 18.3 Å². The molecule has 1 aromatic heterocycles. The molecule has 1 rings (SSSR count). The smallest absolute Gasteiger partial charge is 0.224 e. The molecule has 1 aromatic rings. The molecule has 13 heavy (non-hydrogen) atoms. The minimum absolute atomic E-state index is 0.0543. The molecule has 0 unspecified atom stereocenters. The van der Waals surface area contributed by atoms with Crippen LogP contribution in [0.3, 0.4) is 0 Å². The number of aryl methyl sites for hydroxylation is 1. The van der Waals surface area contributed by atoms with Gasteiger partial charge >= 0.3 is 0 Å². The van der Waals surface area contributed by atoms with Crippen LogP contribution in [0.5, 0.6) is 0 Å². The summed E-state index contributed by atoms with van der Waals surface area (Å²) in [6, 6.07) is 0. The lowest BCUT2D eigenvalue weighted by molar-refractivity contribution is -0.120. The lowest BCUT2D eigenvalue weighted by atomic mass is 10.2. The SMILES string of the molecule is CCNC(=O)Cc1cnn(C)c1C. The molecule has 1 heterocycles. The molecule has 4 nitrogen and oxygen atoms in total. The molecule has 0 aromatic carbocycles. The van der Waals surface area contributed by atoms with Gasteiger partial charge in [0.05, 0.1) is 12.6 Å². The minimum atomic E-state index is 0.0543. The first-order valence-corrected chi connectivity index (χ1v) is 4.39. The number of aromatic nitrogens is 2. The summed E-state index contributed by atoms with van der Waals surface area (Å²) in [5.74, 6) is 0.0543. The van der Waals surface area contributed by atoms with E-state index < -0.39 is 0 Å². The van der Waals surface area contributed by atoms with Gasteiger partial charge in [0, 0.05) is 24.8 Å². The van der Waals surface area contributed by atoms with Crippen molar-refractivity contribution in [3.8, 4) is 0 Å². The van der Waals surface area contributed by atoms with Gasteiger partial charge < -0.3 is 5.32 Å². The standard InChI is InChI=1S/C9H15N3O/c1-4-10-9(13)5-8-6-11-12(3)7(8)2/h6H,4-5H2,1-3H3,(H,10,13). The fraction of sp³-hybridized carbons (Fsp3) is 0.556.